The Balaban J connectivity index is 1.41. The van der Waals surface area contributed by atoms with Gasteiger partial charge in [-0.1, -0.05) is 30.3 Å². The van der Waals surface area contributed by atoms with Gasteiger partial charge in [0.05, 0.1) is 35.8 Å². The predicted molar refractivity (Wildman–Crippen MR) is 139 cm³/mol. The van der Waals surface area contributed by atoms with Crippen LogP contribution in [-0.2, 0) is 16.1 Å². The quantitative estimate of drug-likeness (QED) is 0.302. The van der Waals surface area contributed by atoms with Crippen molar-refractivity contribution in [2.75, 3.05) is 19.1 Å². The van der Waals surface area contributed by atoms with Gasteiger partial charge in [-0.2, -0.15) is 5.10 Å². The molecular formula is C25H26ClN7O2S. The van der Waals surface area contributed by atoms with Crippen molar-refractivity contribution in [3.05, 3.63) is 54.2 Å². The van der Waals surface area contributed by atoms with Crippen molar-refractivity contribution in [2.24, 2.45) is 0 Å². The summed E-state index contributed by atoms with van der Waals surface area (Å²) >= 11 is 7.40. The first-order valence-electron chi connectivity index (χ1n) is 12.0. The van der Waals surface area contributed by atoms with Gasteiger partial charge in [0.25, 0.3) is 0 Å². The maximum Gasteiger partial charge on any atom is 0.193 e. The molecule has 2 aliphatic rings. The first-order chi connectivity index (χ1) is 17.7. The molecule has 1 saturated heterocycles. The molecule has 1 unspecified atom stereocenters. The molecule has 11 heteroatoms. The molecule has 1 fully saturated rings. The van der Waals surface area contributed by atoms with Crippen molar-refractivity contribution in [3.8, 4) is 32.5 Å². The lowest BCUT2D eigenvalue weighted by molar-refractivity contribution is -0.123. The van der Waals surface area contributed by atoms with Gasteiger partial charge in [0, 0.05) is 30.5 Å². The molecule has 5 heterocycles. The van der Waals surface area contributed by atoms with E-state index in [9.17, 15) is 0 Å². The van der Waals surface area contributed by atoms with Gasteiger partial charge < -0.3 is 4.74 Å². The molecule has 0 bridgehead atoms. The lowest BCUT2D eigenvalue weighted by atomic mass is 10.1. The molecule has 0 saturated carbocycles. The molecule has 6 rings (SSSR count). The summed E-state index contributed by atoms with van der Waals surface area (Å²) in [6, 6.07) is 10.2. The predicted octanol–water partition coefficient (Wildman–Crippen LogP) is 5.35. The number of nitrogens with zero attached hydrogens (tertiary/aromatic N) is 7. The summed E-state index contributed by atoms with van der Waals surface area (Å²) in [6.45, 7) is 3.75. The topological polar surface area (TPSA) is 83.1 Å². The number of hydrogen-bond donors (Lipinski definition) is 0. The van der Waals surface area contributed by atoms with Crippen molar-refractivity contribution in [3.63, 3.8) is 0 Å². The lowest BCUT2D eigenvalue weighted by Gasteiger charge is -2.23. The summed E-state index contributed by atoms with van der Waals surface area (Å²) in [5.41, 5.74) is 4.80. The number of thiazole rings is 1. The van der Waals surface area contributed by atoms with Gasteiger partial charge in [0.15, 0.2) is 12.1 Å². The molecule has 0 spiro atoms. The fourth-order valence-corrected chi connectivity index (χ4v) is 5.76. The number of rotatable bonds is 7. The average Bonchev–Trinajstić information content (AvgIpc) is 3.64. The Morgan fingerprint density at radius 2 is 2.06 bits per heavy atom. The minimum absolute atomic E-state index is 0.0664. The zero-order valence-corrected chi connectivity index (χ0v) is 21.5. The fraction of sp³-hybridized carbons (Fsp3) is 0.360. The molecule has 2 aliphatic heterocycles. The van der Waals surface area contributed by atoms with Crippen LogP contribution in [0.25, 0.3) is 38.7 Å². The van der Waals surface area contributed by atoms with Crippen LogP contribution < -0.4 is 0 Å². The van der Waals surface area contributed by atoms with Crippen LogP contribution >= 0.6 is 22.9 Å². The minimum atomic E-state index is -0.0664. The fourth-order valence-electron chi connectivity index (χ4n) is 4.55. The highest BCUT2D eigenvalue weighted by Gasteiger charge is 2.27. The minimum Gasteiger partial charge on any atom is -0.356 e. The number of alkyl halides is 1. The highest BCUT2D eigenvalue weighted by atomic mass is 35.5. The number of hydrogen-bond acceptors (Lipinski definition) is 8. The van der Waals surface area contributed by atoms with Gasteiger partial charge in [-0.05, 0) is 26.2 Å². The Morgan fingerprint density at radius 3 is 2.86 bits per heavy atom. The van der Waals surface area contributed by atoms with E-state index in [1.54, 1.807) is 22.7 Å². The Morgan fingerprint density at radius 1 is 1.17 bits per heavy atom. The number of hydroxylamine groups is 2. The summed E-state index contributed by atoms with van der Waals surface area (Å²) in [7, 11) is 0. The Hall–Kier alpha value is -3.05. The summed E-state index contributed by atoms with van der Waals surface area (Å²) in [6.07, 6.45) is 8.62. The molecule has 0 radical (unpaired) electrons. The monoisotopic (exact) mass is 523 g/mol. The molecule has 36 heavy (non-hydrogen) atoms. The number of aromatic nitrogens is 6. The van der Waals surface area contributed by atoms with E-state index in [1.807, 2.05) is 46.9 Å². The van der Waals surface area contributed by atoms with Crippen LogP contribution in [0.3, 0.4) is 0 Å². The number of fused-ring (bicyclic) bond motifs is 1. The van der Waals surface area contributed by atoms with Gasteiger partial charge >= 0.3 is 0 Å². The standard InChI is InChI=1S/C25H26ClN7O2S/c1-17-21(19-15-31(35-14-10-26)11-12-32(19)29-17)25-28-22(18-7-3-2-4-8-18)23(36-25)24-27-16-33(30-24)20-9-5-6-13-34-20/h2-4,7-8,11-12,16,20H,5-6,9-10,13-15H2,1H3. The average molecular weight is 524 g/mol. The number of halogens is 1. The van der Waals surface area contributed by atoms with Gasteiger partial charge in [0.2, 0.25) is 0 Å². The van der Waals surface area contributed by atoms with Crippen LogP contribution in [0, 0.1) is 6.92 Å². The molecule has 9 nitrogen and oxygen atoms in total. The SMILES string of the molecule is Cc1nn2c(c1-c1nc(-c3ccccc3)c(-c3ncn(C4CCCCO4)n3)s1)CN(OCCCl)C=C2. The third-order valence-electron chi connectivity index (χ3n) is 6.25. The van der Waals surface area contributed by atoms with E-state index in [4.69, 9.17) is 36.4 Å². The maximum absolute atomic E-state index is 5.91. The lowest BCUT2D eigenvalue weighted by Crippen LogP contribution is -2.23. The zero-order valence-electron chi connectivity index (χ0n) is 19.9. The third kappa shape index (κ3) is 4.45. The van der Waals surface area contributed by atoms with E-state index in [0.29, 0.717) is 24.9 Å². The first kappa shape index (κ1) is 23.4. The van der Waals surface area contributed by atoms with Crippen molar-refractivity contribution in [1.82, 2.24) is 34.6 Å². The molecule has 1 atom stereocenters. The summed E-state index contributed by atoms with van der Waals surface area (Å²) < 4.78 is 9.64. The summed E-state index contributed by atoms with van der Waals surface area (Å²) in [5.74, 6) is 1.08. The van der Waals surface area contributed by atoms with Crippen LogP contribution in [0.15, 0.2) is 42.9 Å². The van der Waals surface area contributed by atoms with E-state index in [-0.39, 0.29) is 6.23 Å². The molecule has 4 aromatic rings. The molecule has 186 valence electrons. The van der Waals surface area contributed by atoms with Crippen molar-refractivity contribution >= 4 is 29.1 Å². The molecular weight excluding hydrogens is 498 g/mol. The maximum atomic E-state index is 5.91. The van der Waals surface area contributed by atoms with Crippen molar-refractivity contribution in [1.29, 1.82) is 0 Å². The van der Waals surface area contributed by atoms with Crippen molar-refractivity contribution in [2.45, 2.75) is 39.0 Å². The summed E-state index contributed by atoms with van der Waals surface area (Å²) in [4.78, 5) is 16.4. The van der Waals surface area contributed by atoms with E-state index >= 15 is 0 Å². The highest BCUT2D eigenvalue weighted by Crippen LogP contribution is 2.42. The molecule has 1 aromatic carbocycles. The van der Waals surface area contributed by atoms with Crippen LogP contribution in [0.5, 0.6) is 0 Å². The van der Waals surface area contributed by atoms with Gasteiger partial charge in [-0.15, -0.1) is 28.0 Å². The van der Waals surface area contributed by atoms with Crippen LogP contribution in [-0.4, -0.2) is 53.7 Å². The molecule has 0 amide bonds. The summed E-state index contributed by atoms with van der Waals surface area (Å²) in [5, 5.41) is 12.2. The van der Waals surface area contributed by atoms with Gasteiger partial charge in [-0.25, -0.2) is 19.3 Å². The van der Waals surface area contributed by atoms with Crippen molar-refractivity contribution < 1.29 is 9.57 Å². The Labute approximate surface area is 217 Å². The second kappa shape index (κ2) is 10.1. The normalized spacial score (nSPS) is 17.5. The number of benzene rings is 1. The highest BCUT2D eigenvalue weighted by molar-refractivity contribution is 7.18. The van der Waals surface area contributed by atoms with E-state index in [2.05, 4.69) is 17.1 Å². The Bertz CT molecular complexity index is 1370. The second-order valence-electron chi connectivity index (χ2n) is 8.68. The second-order valence-corrected chi connectivity index (χ2v) is 10.1. The molecule has 0 aliphatic carbocycles. The number of ether oxygens (including phenoxy) is 1. The van der Waals surface area contributed by atoms with Crippen LogP contribution in [0.1, 0.15) is 36.9 Å². The van der Waals surface area contributed by atoms with E-state index in [0.717, 1.165) is 64.0 Å². The smallest absolute Gasteiger partial charge is 0.193 e. The van der Waals surface area contributed by atoms with Gasteiger partial charge in [-0.3, -0.25) is 9.90 Å². The molecule has 3 aromatic heterocycles. The third-order valence-corrected chi connectivity index (χ3v) is 7.47. The molecule has 0 N–H and O–H groups in total. The van der Waals surface area contributed by atoms with Crippen LogP contribution in [0.4, 0.5) is 0 Å². The van der Waals surface area contributed by atoms with E-state index < -0.39 is 0 Å². The van der Waals surface area contributed by atoms with Gasteiger partial charge in [0.1, 0.15) is 16.2 Å². The van der Waals surface area contributed by atoms with E-state index in [1.165, 1.54) is 0 Å². The largest absolute Gasteiger partial charge is 0.356 e. The number of aryl methyl sites for hydroxylation is 1. The van der Waals surface area contributed by atoms with Crippen LogP contribution in [0.2, 0.25) is 0 Å². The zero-order chi connectivity index (χ0) is 24.5. The first-order valence-corrected chi connectivity index (χ1v) is 13.4. The Kier molecular flexibility index (Phi) is 6.58.